The predicted octanol–water partition coefficient (Wildman–Crippen LogP) is 19.7. The third-order valence-corrected chi connectivity index (χ3v) is 14.3. The molecule has 0 fully saturated rings. The normalized spacial score (nSPS) is 11.5. The SMILES string of the molecule is CCCCCCCCCCCCCCCCCCNC(=O)OCC(C)(COC(=O)NCCCCCCCCCCCCCCCCCC)OC(=O)NCCCCCCCCCCCCCCCCCC. The molecule has 0 saturated heterocycles. The quantitative estimate of drug-likeness (QED) is 0.0413. The maximum Gasteiger partial charge on any atom is 0.407 e. The van der Waals surface area contributed by atoms with Crippen molar-refractivity contribution in [2.45, 2.75) is 341 Å². The van der Waals surface area contributed by atoms with Gasteiger partial charge in [0.05, 0.1) is 0 Å². The zero-order valence-corrected chi connectivity index (χ0v) is 47.4. The van der Waals surface area contributed by atoms with Gasteiger partial charge in [0.25, 0.3) is 0 Å². The van der Waals surface area contributed by atoms with E-state index < -0.39 is 23.9 Å². The number of ether oxygens (including phenoxy) is 3. The Kier molecular flexibility index (Phi) is 54.4. The van der Waals surface area contributed by atoms with Gasteiger partial charge in [0.2, 0.25) is 0 Å². The van der Waals surface area contributed by atoms with Crippen LogP contribution in [0.4, 0.5) is 14.4 Å². The standard InChI is InChI=1S/C61H121N3O6/c1-5-8-11-14-17-20-23-26-29-32-35-38-41-44-47-50-53-62-58(65)68-56-61(4,70-60(67)64-55-52-49-46-43-40-37-34-31-28-25-22-19-16-13-10-7-3)57-69-59(66)63-54-51-48-45-42-39-36-33-30-27-24-21-18-15-12-9-6-2/h5-57H2,1-4H3,(H,62,65)(H,63,66)(H,64,67). The number of hydrogen-bond acceptors (Lipinski definition) is 6. The fourth-order valence-electron chi connectivity index (χ4n) is 9.49. The Labute approximate surface area is 435 Å². The van der Waals surface area contributed by atoms with Crippen molar-refractivity contribution in [3.8, 4) is 0 Å². The van der Waals surface area contributed by atoms with E-state index in [0.717, 1.165) is 44.9 Å². The number of carbonyl (C=O) groups excluding carboxylic acids is 3. The van der Waals surface area contributed by atoms with Crippen molar-refractivity contribution in [1.29, 1.82) is 0 Å². The fourth-order valence-corrected chi connectivity index (χ4v) is 9.49. The number of alkyl carbamates (subject to hydrolysis) is 3. The van der Waals surface area contributed by atoms with Crippen molar-refractivity contribution in [1.82, 2.24) is 16.0 Å². The van der Waals surface area contributed by atoms with Gasteiger partial charge in [-0.1, -0.05) is 310 Å². The molecule has 3 amide bonds. The number of rotatable bonds is 56. The van der Waals surface area contributed by atoms with Gasteiger partial charge in [-0.2, -0.15) is 0 Å². The van der Waals surface area contributed by atoms with Crippen LogP contribution < -0.4 is 16.0 Å². The summed E-state index contributed by atoms with van der Waals surface area (Å²) in [5.74, 6) is 0. The lowest BCUT2D eigenvalue weighted by Crippen LogP contribution is -2.47. The molecule has 0 bridgehead atoms. The van der Waals surface area contributed by atoms with E-state index in [9.17, 15) is 14.4 Å². The smallest absolute Gasteiger partial charge is 0.407 e. The molecule has 0 heterocycles. The van der Waals surface area contributed by atoms with Gasteiger partial charge >= 0.3 is 18.3 Å². The van der Waals surface area contributed by atoms with Gasteiger partial charge < -0.3 is 30.2 Å². The van der Waals surface area contributed by atoms with E-state index in [1.165, 1.54) is 263 Å². The summed E-state index contributed by atoms with van der Waals surface area (Å²) in [5.41, 5.74) is -1.34. The molecule has 9 heteroatoms. The first-order valence-electron chi connectivity index (χ1n) is 31.1. The van der Waals surface area contributed by atoms with Gasteiger partial charge in [0.1, 0.15) is 13.2 Å². The summed E-state index contributed by atoms with van der Waals surface area (Å²) in [7, 11) is 0. The molecule has 0 rings (SSSR count). The summed E-state index contributed by atoms with van der Waals surface area (Å²) in [5, 5.41) is 8.56. The Balaban J connectivity index is 4.40. The number of nitrogens with one attached hydrogen (secondary N) is 3. The molecule has 9 nitrogen and oxygen atoms in total. The molecular weight excluding hydrogens is 871 g/mol. The van der Waals surface area contributed by atoms with E-state index in [1.807, 2.05) is 0 Å². The zero-order valence-electron chi connectivity index (χ0n) is 47.4. The highest BCUT2D eigenvalue weighted by Crippen LogP contribution is 2.18. The summed E-state index contributed by atoms with van der Waals surface area (Å²) in [6.07, 6.45) is 60.7. The minimum atomic E-state index is -1.34. The largest absolute Gasteiger partial charge is 0.445 e. The van der Waals surface area contributed by atoms with E-state index >= 15 is 0 Å². The first-order valence-corrected chi connectivity index (χ1v) is 31.1. The first-order chi connectivity index (χ1) is 34.4. The molecule has 0 aromatic carbocycles. The second-order valence-corrected chi connectivity index (χ2v) is 21.7. The minimum Gasteiger partial charge on any atom is -0.445 e. The lowest BCUT2D eigenvalue weighted by atomic mass is 10.0. The molecular formula is C61H121N3O6. The van der Waals surface area contributed by atoms with Crippen molar-refractivity contribution in [3.05, 3.63) is 0 Å². The molecule has 0 radical (unpaired) electrons. The molecule has 416 valence electrons. The van der Waals surface area contributed by atoms with E-state index in [-0.39, 0.29) is 13.2 Å². The van der Waals surface area contributed by atoms with Gasteiger partial charge in [-0.15, -0.1) is 0 Å². The summed E-state index contributed by atoms with van der Waals surface area (Å²) in [4.78, 5) is 38.3. The van der Waals surface area contributed by atoms with Crippen molar-refractivity contribution in [2.75, 3.05) is 32.8 Å². The molecule has 0 aromatic rings. The molecule has 0 spiro atoms. The molecule has 0 unspecified atom stereocenters. The Bertz CT molecular complexity index is 1040. The molecule has 0 atom stereocenters. The van der Waals surface area contributed by atoms with Gasteiger partial charge in [0.15, 0.2) is 5.60 Å². The van der Waals surface area contributed by atoms with Gasteiger partial charge in [-0.3, -0.25) is 0 Å². The number of unbranched alkanes of at least 4 members (excludes halogenated alkanes) is 45. The lowest BCUT2D eigenvalue weighted by Gasteiger charge is -2.28. The lowest BCUT2D eigenvalue weighted by molar-refractivity contribution is -0.0583. The molecule has 0 saturated carbocycles. The van der Waals surface area contributed by atoms with Gasteiger partial charge in [-0.25, -0.2) is 14.4 Å². The summed E-state index contributed by atoms with van der Waals surface area (Å²) in [6.45, 7) is 9.61. The predicted molar refractivity (Wildman–Crippen MR) is 300 cm³/mol. The highest BCUT2D eigenvalue weighted by Gasteiger charge is 2.33. The average molecular weight is 993 g/mol. The third kappa shape index (κ3) is 53.6. The van der Waals surface area contributed by atoms with Crippen LogP contribution in [0.5, 0.6) is 0 Å². The monoisotopic (exact) mass is 992 g/mol. The zero-order chi connectivity index (χ0) is 51.0. The van der Waals surface area contributed by atoms with Crippen LogP contribution in [0.25, 0.3) is 0 Å². The Hall–Kier alpha value is -2.19. The minimum absolute atomic E-state index is 0.226. The highest BCUT2D eigenvalue weighted by atomic mass is 16.6. The molecule has 0 aliphatic heterocycles. The summed E-state index contributed by atoms with van der Waals surface area (Å²) >= 11 is 0. The second kappa shape index (κ2) is 56.1. The van der Waals surface area contributed by atoms with Crippen LogP contribution in [0.3, 0.4) is 0 Å². The van der Waals surface area contributed by atoms with E-state index in [2.05, 4.69) is 36.7 Å². The van der Waals surface area contributed by atoms with E-state index in [1.54, 1.807) is 6.92 Å². The maximum absolute atomic E-state index is 13.0. The third-order valence-electron chi connectivity index (χ3n) is 14.3. The van der Waals surface area contributed by atoms with Gasteiger partial charge in [-0.05, 0) is 26.2 Å². The van der Waals surface area contributed by atoms with Crippen LogP contribution in [-0.4, -0.2) is 56.7 Å². The van der Waals surface area contributed by atoms with Gasteiger partial charge in [0, 0.05) is 19.6 Å². The second-order valence-electron chi connectivity index (χ2n) is 21.7. The Morgan fingerprint density at radius 1 is 0.271 bits per heavy atom. The highest BCUT2D eigenvalue weighted by molar-refractivity contribution is 5.69. The van der Waals surface area contributed by atoms with Crippen LogP contribution in [0.2, 0.25) is 0 Å². The van der Waals surface area contributed by atoms with Crippen molar-refractivity contribution < 1.29 is 28.6 Å². The van der Waals surface area contributed by atoms with Crippen LogP contribution in [0, 0.1) is 0 Å². The average Bonchev–Trinajstić information content (AvgIpc) is 3.35. The number of carbonyl (C=O) groups is 3. The fraction of sp³-hybridized carbons (Fsp3) is 0.951. The number of amides is 3. The molecule has 0 aliphatic rings. The Morgan fingerprint density at radius 2 is 0.443 bits per heavy atom. The summed E-state index contributed by atoms with van der Waals surface area (Å²) in [6, 6.07) is 0. The first kappa shape index (κ1) is 67.8. The summed E-state index contributed by atoms with van der Waals surface area (Å²) < 4.78 is 16.9. The molecule has 3 N–H and O–H groups in total. The molecule has 0 aliphatic carbocycles. The van der Waals surface area contributed by atoms with Crippen LogP contribution >= 0.6 is 0 Å². The molecule has 0 aromatic heterocycles. The maximum atomic E-state index is 13.0. The van der Waals surface area contributed by atoms with Crippen LogP contribution in [0.15, 0.2) is 0 Å². The van der Waals surface area contributed by atoms with Crippen LogP contribution in [0.1, 0.15) is 336 Å². The Morgan fingerprint density at radius 3 is 0.643 bits per heavy atom. The van der Waals surface area contributed by atoms with Crippen molar-refractivity contribution >= 4 is 18.3 Å². The molecule has 70 heavy (non-hydrogen) atoms. The van der Waals surface area contributed by atoms with E-state index in [4.69, 9.17) is 14.2 Å². The topological polar surface area (TPSA) is 115 Å². The van der Waals surface area contributed by atoms with Crippen molar-refractivity contribution in [2.24, 2.45) is 0 Å². The van der Waals surface area contributed by atoms with E-state index in [0.29, 0.717) is 19.6 Å². The van der Waals surface area contributed by atoms with Crippen molar-refractivity contribution in [3.63, 3.8) is 0 Å². The number of hydrogen-bond donors (Lipinski definition) is 3. The van der Waals surface area contributed by atoms with Crippen LogP contribution in [-0.2, 0) is 14.2 Å².